The molecule has 1 aromatic rings. The molecule has 0 atom stereocenters. The van der Waals surface area contributed by atoms with Crippen molar-refractivity contribution in [2.45, 2.75) is 32.1 Å². The maximum absolute atomic E-state index is 11.2. The summed E-state index contributed by atoms with van der Waals surface area (Å²) in [5, 5.41) is 9.23. The first-order chi connectivity index (χ1) is 9.70. The number of aromatic nitrogens is 2. The molecular formula is C16H20N2O2. The summed E-state index contributed by atoms with van der Waals surface area (Å²) in [7, 11) is 0. The number of aliphatic carboxylic acids is 1. The van der Waals surface area contributed by atoms with E-state index >= 15 is 0 Å². The van der Waals surface area contributed by atoms with E-state index in [-0.39, 0.29) is 0 Å². The summed E-state index contributed by atoms with van der Waals surface area (Å²) in [6, 6.07) is 0. The number of nitrogens with zero attached hydrogens (tertiary/aromatic N) is 2. The lowest BCUT2D eigenvalue weighted by Crippen LogP contribution is -2.46. The first-order valence-corrected chi connectivity index (χ1v) is 7.63. The molecule has 4 saturated carbocycles. The second-order valence-electron chi connectivity index (χ2n) is 6.83. The predicted octanol–water partition coefficient (Wildman–Crippen LogP) is 2.88. The van der Waals surface area contributed by atoms with Gasteiger partial charge in [0.25, 0.3) is 0 Å². The zero-order chi connectivity index (χ0) is 13.7. The van der Waals surface area contributed by atoms with Gasteiger partial charge in [-0.3, -0.25) is 0 Å². The summed E-state index contributed by atoms with van der Waals surface area (Å²) in [4.78, 5) is 15.3. The molecule has 4 nitrogen and oxygen atoms in total. The van der Waals surface area contributed by atoms with Gasteiger partial charge < -0.3 is 9.67 Å². The summed E-state index contributed by atoms with van der Waals surface area (Å²) in [6.07, 6.45) is 13.3. The summed E-state index contributed by atoms with van der Waals surface area (Å²) >= 11 is 0. The van der Waals surface area contributed by atoms with E-state index in [1.165, 1.54) is 38.2 Å². The van der Waals surface area contributed by atoms with Crippen molar-refractivity contribution in [2.75, 3.05) is 0 Å². The largest absolute Gasteiger partial charge is 0.478 e. The van der Waals surface area contributed by atoms with Crippen molar-refractivity contribution in [3.05, 3.63) is 24.8 Å². The van der Waals surface area contributed by atoms with Crippen molar-refractivity contribution in [2.24, 2.45) is 29.6 Å². The van der Waals surface area contributed by atoms with Gasteiger partial charge in [0.2, 0.25) is 0 Å². The highest BCUT2D eigenvalue weighted by Crippen LogP contribution is 2.58. The molecular weight excluding hydrogens is 252 g/mol. The number of imidazole rings is 1. The van der Waals surface area contributed by atoms with Gasteiger partial charge in [0.1, 0.15) is 0 Å². The van der Waals surface area contributed by atoms with Crippen LogP contribution in [-0.4, -0.2) is 20.6 Å². The first-order valence-electron chi connectivity index (χ1n) is 7.63. The minimum atomic E-state index is -0.845. The van der Waals surface area contributed by atoms with E-state index in [2.05, 4.69) is 4.98 Å². The van der Waals surface area contributed by atoms with Gasteiger partial charge in [0.05, 0.1) is 6.33 Å². The number of rotatable bonds is 3. The summed E-state index contributed by atoms with van der Waals surface area (Å²) in [5.74, 6) is 2.74. The second kappa shape index (κ2) is 4.47. The Balaban J connectivity index is 1.72. The fourth-order valence-corrected chi connectivity index (χ4v) is 5.29. The van der Waals surface area contributed by atoms with Crippen molar-refractivity contribution in [3.63, 3.8) is 0 Å². The van der Waals surface area contributed by atoms with Gasteiger partial charge >= 0.3 is 5.97 Å². The Morgan fingerprint density at radius 2 is 1.80 bits per heavy atom. The predicted molar refractivity (Wildman–Crippen MR) is 74.7 cm³/mol. The Bertz CT molecular complexity index is 519. The van der Waals surface area contributed by atoms with Crippen LogP contribution in [0.15, 0.2) is 24.8 Å². The lowest BCUT2D eigenvalue weighted by Gasteiger charge is -2.55. The van der Waals surface area contributed by atoms with E-state index in [1.807, 2.05) is 10.8 Å². The SMILES string of the molecule is O=C(O)/C=C(\C1C2CC3CC(C2)CC1C3)n1ccnc1. The molecule has 20 heavy (non-hydrogen) atoms. The third kappa shape index (κ3) is 1.89. The highest BCUT2D eigenvalue weighted by molar-refractivity contribution is 5.86. The molecule has 0 aromatic carbocycles. The van der Waals surface area contributed by atoms with Crippen LogP contribution in [0, 0.1) is 29.6 Å². The molecule has 1 heterocycles. The number of carboxylic acid groups (broad SMARTS) is 1. The van der Waals surface area contributed by atoms with E-state index in [9.17, 15) is 9.90 Å². The fourth-order valence-electron chi connectivity index (χ4n) is 5.29. The van der Waals surface area contributed by atoms with Gasteiger partial charge in [0.15, 0.2) is 0 Å². The van der Waals surface area contributed by atoms with E-state index < -0.39 is 5.97 Å². The number of hydrogen-bond donors (Lipinski definition) is 1. The fraction of sp³-hybridized carbons (Fsp3) is 0.625. The third-order valence-electron chi connectivity index (χ3n) is 5.64. The number of hydrogen-bond acceptors (Lipinski definition) is 2. The topological polar surface area (TPSA) is 55.1 Å². The van der Waals surface area contributed by atoms with Gasteiger partial charge in [-0.1, -0.05) is 0 Å². The van der Waals surface area contributed by atoms with Gasteiger partial charge in [-0.15, -0.1) is 0 Å². The quantitative estimate of drug-likeness (QED) is 0.861. The molecule has 0 amide bonds. The van der Waals surface area contributed by atoms with Crippen LogP contribution in [0.4, 0.5) is 0 Å². The monoisotopic (exact) mass is 272 g/mol. The zero-order valence-electron chi connectivity index (χ0n) is 11.5. The maximum Gasteiger partial charge on any atom is 0.330 e. The molecule has 0 saturated heterocycles. The molecule has 106 valence electrons. The Labute approximate surface area is 118 Å². The normalized spacial score (nSPS) is 39.2. The Morgan fingerprint density at radius 1 is 1.15 bits per heavy atom. The summed E-state index contributed by atoms with van der Waals surface area (Å²) < 4.78 is 1.92. The molecule has 4 aliphatic carbocycles. The lowest BCUT2D eigenvalue weighted by atomic mass is 9.51. The molecule has 0 spiro atoms. The average Bonchev–Trinajstić information content (AvgIpc) is 2.89. The molecule has 4 heteroatoms. The van der Waals surface area contributed by atoms with Gasteiger partial charge in [-0.05, 0) is 55.8 Å². The zero-order valence-corrected chi connectivity index (χ0v) is 11.5. The molecule has 0 aliphatic heterocycles. The van der Waals surface area contributed by atoms with Crippen LogP contribution in [-0.2, 0) is 4.79 Å². The van der Waals surface area contributed by atoms with Crippen molar-refractivity contribution in [3.8, 4) is 0 Å². The molecule has 5 rings (SSSR count). The van der Waals surface area contributed by atoms with Crippen LogP contribution in [0.1, 0.15) is 32.1 Å². The summed E-state index contributed by atoms with van der Waals surface area (Å²) in [6.45, 7) is 0. The van der Waals surface area contributed by atoms with Gasteiger partial charge in [0, 0.05) is 30.1 Å². The van der Waals surface area contributed by atoms with Gasteiger partial charge in [-0.2, -0.15) is 0 Å². The summed E-state index contributed by atoms with van der Waals surface area (Å²) in [5.41, 5.74) is 0.948. The standard InChI is InChI=1S/C16H20N2O2/c19-15(20)8-14(18-2-1-17-9-18)16-12-4-10-3-11(6-12)7-13(16)5-10/h1-2,8-13,16H,3-7H2,(H,19,20)/b14-8+. The number of carboxylic acids is 1. The molecule has 1 N–H and O–H groups in total. The highest BCUT2D eigenvalue weighted by Gasteiger charge is 2.49. The van der Waals surface area contributed by atoms with Crippen molar-refractivity contribution in [1.82, 2.24) is 9.55 Å². The van der Waals surface area contributed by atoms with Crippen LogP contribution in [0.3, 0.4) is 0 Å². The van der Waals surface area contributed by atoms with Crippen molar-refractivity contribution >= 4 is 11.7 Å². The molecule has 0 unspecified atom stereocenters. The number of carbonyl (C=O) groups is 1. The highest BCUT2D eigenvalue weighted by atomic mass is 16.4. The van der Waals surface area contributed by atoms with Gasteiger partial charge in [-0.25, -0.2) is 9.78 Å². The van der Waals surface area contributed by atoms with Crippen LogP contribution in [0.5, 0.6) is 0 Å². The number of allylic oxidation sites excluding steroid dienone is 1. The van der Waals surface area contributed by atoms with E-state index in [0.29, 0.717) is 17.8 Å². The second-order valence-corrected chi connectivity index (χ2v) is 6.83. The van der Waals surface area contributed by atoms with Crippen LogP contribution >= 0.6 is 0 Å². The molecule has 4 aliphatic rings. The van der Waals surface area contributed by atoms with E-state index in [0.717, 1.165) is 17.5 Å². The minimum Gasteiger partial charge on any atom is -0.478 e. The maximum atomic E-state index is 11.2. The van der Waals surface area contributed by atoms with Crippen LogP contribution in [0.2, 0.25) is 0 Å². The first kappa shape index (κ1) is 12.2. The average molecular weight is 272 g/mol. The lowest BCUT2D eigenvalue weighted by molar-refractivity contribution is -0.131. The van der Waals surface area contributed by atoms with E-state index in [4.69, 9.17) is 0 Å². The van der Waals surface area contributed by atoms with E-state index in [1.54, 1.807) is 12.5 Å². The molecule has 4 bridgehead atoms. The molecule has 0 radical (unpaired) electrons. The Morgan fingerprint density at radius 3 is 2.30 bits per heavy atom. The Kier molecular flexibility index (Phi) is 2.72. The Hall–Kier alpha value is -1.58. The molecule has 4 fully saturated rings. The minimum absolute atomic E-state index is 0.410. The van der Waals surface area contributed by atoms with Crippen LogP contribution < -0.4 is 0 Å². The van der Waals surface area contributed by atoms with Crippen molar-refractivity contribution in [1.29, 1.82) is 0 Å². The smallest absolute Gasteiger partial charge is 0.330 e. The molecule has 1 aromatic heterocycles. The van der Waals surface area contributed by atoms with Crippen LogP contribution in [0.25, 0.3) is 5.70 Å². The third-order valence-corrected chi connectivity index (χ3v) is 5.64. The van der Waals surface area contributed by atoms with Crippen molar-refractivity contribution < 1.29 is 9.90 Å².